The van der Waals surface area contributed by atoms with E-state index in [0.29, 0.717) is 16.1 Å². The Hall–Kier alpha value is -3.46. The number of hydrogen-bond acceptors (Lipinski definition) is 6. The third-order valence-electron chi connectivity index (χ3n) is 3.32. The Morgan fingerprint density at radius 3 is 2.59 bits per heavy atom. The summed E-state index contributed by atoms with van der Waals surface area (Å²) in [6, 6.07) is 10.4. The Morgan fingerprint density at radius 2 is 1.96 bits per heavy atom. The highest BCUT2D eigenvalue weighted by atomic mass is 35.5. The largest absolute Gasteiger partial charge is 0.490 e. The predicted octanol–water partition coefficient (Wildman–Crippen LogP) is 2.14. The van der Waals surface area contributed by atoms with Gasteiger partial charge in [0, 0.05) is 22.2 Å². The fourth-order valence-electron chi connectivity index (χ4n) is 2.01. The highest BCUT2D eigenvalue weighted by Crippen LogP contribution is 2.26. The van der Waals surface area contributed by atoms with Gasteiger partial charge in [0.05, 0.1) is 24.8 Å². The van der Waals surface area contributed by atoms with Gasteiger partial charge in [-0.3, -0.25) is 19.7 Å². The van der Waals surface area contributed by atoms with E-state index < -0.39 is 16.7 Å². The second-order valence-corrected chi connectivity index (χ2v) is 5.61. The lowest BCUT2D eigenvalue weighted by Gasteiger charge is -2.04. The van der Waals surface area contributed by atoms with Crippen molar-refractivity contribution in [1.82, 2.24) is 10.7 Å². The molecule has 0 unspecified atom stereocenters. The number of hydrogen-bond donors (Lipinski definition) is 2. The fraction of sp³-hybridized carbons (Fsp3) is 0.118. The lowest BCUT2D eigenvalue weighted by atomic mass is 10.2. The molecule has 0 aromatic heterocycles. The first kappa shape index (κ1) is 19.9. The molecule has 0 fully saturated rings. The van der Waals surface area contributed by atoms with Crippen molar-refractivity contribution >= 4 is 35.3 Å². The summed E-state index contributed by atoms with van der Waals surface area (Å²) < 4.78 is 4.90. The average Bonchev–Trinajstić information content (AvgIpc) is 2.66. The summed E-state index contributed by atoms with van der Waals surface area (Å²) in [6.07, 6.45) is 1.24. The first-order chi connectivity index (χ1) is 12.9. The van der Waals surface area contributed by atoms with E-state index in [1.54, 1.807) is 18.2 Å². The second kappa shape index (κ2) is 9.30. The summed E-state index contributed by atoms with van der Waals surface area (Å²) in [5, 5.41) is 17.6. The van der Waals surface area contributed by atoms with E-state index in [9.17, 15) is 19.7 Å². The van der Waals surface area contributed by atoms with Crippen molar-refractivity contribution in [2.24, 2.45) is 5.10 Å². The summed E-state index contributed by atoms with van der Waals surface area (Å²) in [7, 11) is 1.33. The van der Waals surface area contributed by atoms with Gasteiger partial charge in [-0.1, -0.05) is 11.6 Å². The highest BCUT2D eigenvalue weighted by Gasteiger charge is 2.14. The van der Waals surface area contributed by atoms with Crippen LogP contribution < -0.4 is 15.5 Å². The van der Waals surface area contributed by atoms with Crippen molar-refractivity contribution in [1.29, 1.82) is 0 Å². The maximum Gasteiger partial charge on any atom is 0.311 e. The molecule has 0 spiro atoms. The molecule has 0 atom stereocenters. The molecule has 0 saturated carbocycles. The molecule has 2 rings (SSSR count). The lowest BCUT2D eigenvalue weighted by Crippen LogP contribution is -2.34. The summed E-state index contributed by atoms with van der Waals surface area (Å²) in [5.41, 5.74) is 2.76. The zero-order valence-electron chi connectivity index (χ0n) is 14.1. The molecule has 0 bridgehead atoms. The standard InChI is InChI=1S/C17H15ClN4O5/c1-27-15-7-2-11(8-14(15)22(25)26)9-20-21-16(23)10-19-17(24)12-3-5-13(18)6-4-12/h2-9H,10H2,1H3,(H,19,24)(H,21,23)/b20-9+. The first-order valence-electron chi connectivity index (χ1n) is 7.59. The van der Waals surface area contributed by atoms with Crippen molar-refractivity contribution in [3.05, 3.63) is 68.7 Å². The monoisotopic (exact) mass is 390 g/mol. The van der Waals surface area contributed by atoms with Gasteiger partial charge in [-0.2, -0.15) is 5.10 Å². The molecule has 0 aliphatic heterocycles. The maximum atomic E-state index is 11.9. The molecule has 2 amide bonds. The van der Waals surface area contributed by atoms with Gasteiger partial charge in [0.15, 0.2) is 5.75 Å². The molecule has 2 aromatic carbocycles. The van der Waals surface area contributed by atoms with Crippen molar-refractivity contribution in [2.45, 2.75) is 0 Å². The Bertz CT molecular complexity index is 883. The molecular weight excluding hydrogens is 376 g/mol. The average molecular weight is 391 g/mol. The molecule has 0 heterocycles. The smallest absolute Gasteiger partial charge is 0.311 e. The topological polar surface area (TPSA) is 123 Å². The van der Waals surface area contributed by atoms with Crippen LogP contribution in [0.25, 0.3) is 0 Å². The molecule has 0 aliphatic carbocycles. The number of amides is 2. The van der Waals surface area contributed by atoms with Crippen LogP contribution in [0.1, 0.15) is 15.9 Å². The van der Waals surface area contributed by atoms with Gasteiger partial charge in [0.2, 0.25) is 0 Å². The van der Waals surface area contributed by atoms with Gasteiger partial charge in [-0.25, -0.2) is 5.43 Å². The van der Waals surface area contributed by atoms with Gasteiger partial charge < -0.3 is 10.1 Å². The van der Waals surface area contributed by atoms with E-state index in [1.807, 2.05) is 0 Å². The van der Waals surface area contributed by atoms with Crippen molar-refractivity contribution < 1.29 is 19.2 Å². The van der Waals surface area contributed by atoms with Crippen LogP contribution in [0.4, 0.5) is 5.69 Å². The van der Waals surface area contributed by atoms with E-state index in [1.165, 1.54) is 37.6 Å². The number of nitro benzene ring substituents is 1. The van der Waals surface area contributed by atoms with Gasteiger partial charge in [0.1, 0.15) is 0 Å². The molecule has 0 saturated heterocycles. The second-order valence-electron chi connectivity index (χ2n) is 5.17. The Balaban J connectivity index is 1.88. The lowest BCUT2D eigenvalue weighted by molar-refractivity contribution is -0.385. The van der Waals surface area contributed by atoms with E-state index in [0.717, 1.165) is 0 Å². The fourth-order valence-corrected chi connectivity index (χ4v) is 2.14. The van der Waals surface area contributed by atoms with E-state index in [-0.39, 0.29) is 18.0 Å². The summed E-state index contributed by atoms with van der Waals surface area (Å²) in [5.74, 6) is -0.876. The van der Waals surface area contributed by atoms with Gasteiger partial charge >= 0.3 is 5.69 Å². The van der Waals surface area contributed by atoms with E-state index in [4.69, 9.17) is 16.3 Å². The number of halogens is 1. The number of hydrazone groups is 1. The van der Waals surface area contributed by atoms with E-state index in [2.05, 4.69) is 15.8 Å². The molecule has 9 nitrogen and oxygen atoms in total. The predicted molar refractivity (Wildman–Crippen MR) is 99.2 cm³/mol. The minimum atomic E-state index is -0.582. The third kappa shape index (κ3) is 5.79. The Morgan fingerprint density at radius 1 is 1.26 bits per heavy atom. The molecule has 0 radical (unpaired) electrons. The van der Waals surface area contributed by atoms with Gasteiger partial charge in [0.25, 0.3) is 11.8 Å². The van der Waals surface area contributed by atoms with Crippen LogP contribution in [-0.4, -0.2) is 36.6 Å². The molecule has 0 aliphatic rings. The van der Waals surface area contributed by atoms with Crippen LogP contribution >= 0.6 is 11.6 Å². The van der Waals surface area contributed by atoms with Crippen molar-refractivity contribution in [2.75, 3.05) is 13.7 Å². The van der Waals surface area contributed by atoms with Crippen LogP contribution in [-0.2, 0) is 4.79 Å². The normalized spacial score (nSPS) is 10.4. The molecular formula is C17H15ClN4O5. The van der Waals surface area contributed by atoms with E-state index >= 15 is 0 Å². The Labute approximate surface area is 159 Å². The minimum Gasteiger partial charge on any atom is -0.490 e. The third-order valence-corrected chi connectivity index (χ3v) is 3.57. The quantitative estimate of drug-likeness (QED) is 0.426. The van der Waals surface area contributed by atoms with Crippen LogP contribution in [0.5, 0.6) is 5.75 Å². The SMILES string of the molecule is COc1ccc(/C=N/NC(=O)CNC(=O)c2ccc(Cl)cc2)cc1[N+](=O)[O-]. The van der Waals surface area contributed by atoms with Crippen LogP contribution in [0, 0.1) is 10.1 Å². The molecule has 2 N–H and O–H groups in total. The summed E-state index contributed by atoms with van der Waals surface area (Å²) in [6.45, 7) is -0.290. The zero-order valence-corrected chi connectivity index (χ0v) is 14.9. The zero-order chi connectivity index (χ0) is 19.8. The highest BCUT2D eigenvalue weighted by molar-refractivity contribution is 6.30. The number of carbonyl (C=O) groups is 2. The number of rotatable bonds is 7. The number of nitro groups is 1. The first-order valence-corrected chi connectivity index (χ1v) is 7.96. The Kier molecular flexibility index (Phi) is 6.84. The number of benzene rings is 2. The summed E-state index contributed by atoms with van der Waals surface area (Å²) >= 11 is 5.74. The van der Waals surface area contributed by atoms with Crippen LogP contribution in [0.2, 0.25) is 5.02 Å². The van der Waals surface area contributed by atoms with Crippen LogP contribution in [0.15, 0.2) is 47.6 Å². The van der Waals surface area contributed by atoms with Crippen LogP contribution in [0.3, 0.4) is 0 Å². The number of nitrogens with one attached hydrogen (secondary N) is 2. The number of nitrogens with zero attached hydrogens (tertiary/aromatic N) is 2. The maximum absolute atomic E-state index is 11.9. The van der Waals surface area contributed by atoms with Crippen molar-refractivity contribution in [3.63, 3.8) is 0 Å². The molecule has 27 heavy (non-hydrogen) atoms. The molecule has 10 heteroatoms. The van der Waals surface area contributed by atoms with Crippen molar-refractivity contribution in [3.8, 4) is 5.75 Å². The number of ether oxygens (including phenoxy) is 1. The van der Waals surface area contributed by atoms with Gasteiger partial charge in [-0.15, -0.1) is 0 Å². The number of carbonyl (C=O) groups excluding carboxylic acids is 2. The van der Waals surface area contributed by atoms with Gasteiger partial charge in [-0.05, 0) is 36.4 Å². The minimum absolute atomic E-state index is 0.117. The summed E-state index contributed by atoms with van der Waals surface area (Å²) in [4.78, 5) is 34.0. The number of methoxy groups -OCH3 is 1. The molecule has 2 aromatic rings. The molecule has 140 valence electrons.